The van der Waals surface area contributed by atoms with Gasteiger partial charge in [-0.3, -0.25) is 19.7 Å². The molecule has 0 aliphatic carbocycles. The van der Waals surface area contributed by atoms with E-state index in [0.717, 1.165) is 108 Å². The molecule has 2 N–H and O–H groups in total. The third-order valence-corrected chi connectivity index (χ3v) is 13.4. The average Bonchev–Trinajstić information content (AvgIpc) is 3.65. The van der Waals surface area contributed by atoms with Gasteiger partial charge in [-0.25, -0.2) is 0 Å². The molecular weight excluding hydrogens is 703 g/mol. The Bertz CT molecular complexity index is 2070. The highest BCUT2D eigenvalue weighted by atomic mass is 16.3. The molecule has 6 heterocycles. The van der Waals surface area contributed by atoms with Crippen LogP contribution in [0.4, 0.5) is 11.4 Å². The van der Waals surface area contributed by atoms with E-state index in [0.29, 0.717) is 30.0 Å². The molecule has 11 heteroatoms. The van der Waals surface area contributed by atoms with Crippen molar-refractivity contribution in [2.24, 2.45) is 11.3 Å². The lowest BCUT2D eigenvalue weighted by molar-refractivity contribution is -0.150. The number of para-hydroxylation sites is 1. The van der Waals surface area contributed by atoms with Gasteiger partial charge in [-0.05, 0) is 92.4 Å². The number of nitrogens with zero attached hydrogens (tertiary/aromatic N) is 6. The van der Waals surface area contributed by atoms with Crippen molar-refractivity contribution in [2.75, 3.05) is 68.7 Å². The number of rotatable bonds is 8. The quantitative estimate of drug-likeness (QED) is 0.229. The van der Waals surface area contributed by atoms with Crippen LogP contribution >= 0.6 is 0 Å². The number of anilines is 2. The highest BCUT2D eigenvalue weighted by molar-refractivity contribution is 6.01. The Labute approximate surface area is 328 Å². The first kappa shape index (κ1) is 36.4. The number of likely N-dealkylation sites (tertiary alicyclic amines) is 2. The van der Waals surface area contributed by atoms with Gasteiger partial charge in [-0.2, -0.15) is 10.2 Å². The van der Waals surface area contributed by atoms with Crippen LogP contribution in [0.3, 0.4) is 0 Å². The zero-order chi connectivity index (χ0) is 38.3. The van der Waals surface area contributed by atoms with Crippen LogP contribution in [0.5, 0.6) is 5.75 Å². The number of phenolic OH excluding ortho intramolecular Hbond substituents is 1. The van der Waals surface area contributed by atoms with Crippen LogP contribution in [0.15, 0.2) is 91.1 Å². The number of nitrogens with one attached hydrogen (secondary N) is 1. The normalized spacial score (nSPS) is 22.6. The van der Waals surface area contributed by atoms with Crippen LogP contribution in [0.2, 0.25) is 0 Å². The minimum atomic E-state index is -0.558. The number of piperidine rings is 3. The van der Waals surface area contributed by atoms with E-state index in [2.05, 4.69) is 83.6 Å². The van der Waals surface area contributed by atoms with Crippen molar-refractivity contribution < 1.29 is 19.5 Å². The van der Waals surface area contributed by atoms with Crippen molar-refractivity contribution in [3.05, 3.63) is 102 Å². The monoisotopic (exact) mass is 753 g/mol. The standard InChI is InChI=1S/C45H51N7O4/c53-40-9-5-4-8-38(40)39-26-36(27-46-48-39)51-24-19-45(20-25-51,34-6-2-1-3-7-34)43(56)52-30-44(31-52)18-23-49(29-44)28-32-16-21-50(22-17-32)35-12-10-33(11-13-35)37-14-15-41(54)47-42(37)55/h1-13,26-27,32,37,53H,14-25,28-31H2,(H,47,54,55)/t37-/m0/s1. The Morgan fingerprint density at radius 3 is 2.23 bits per heavy atom. The van der Waals surface area contributed by atoms with Gasteiger partial charge in [-0.15, -0.1) is 0 Å². The second-order valence-electron chi connectivity index (χ2n) is 16.9. The third kappa shape index (κ3) is 7.02. The number of phenols is 1. The van der Waals surface area contributed by atoms with Gasteiger partial charge in [0.25, 0.3) is 0 Å². The fourth-order valence-electron chi connectivity index (χ4n) is 10.2. The fourth-order valence-corrected chi connectivity index (χ4v) is 10.2. The lowest BCUT2D eigenvalue weighted by Gasteiger charge is -2.53. The largest absolute Gasteiger partial charge is 0.507 e. The molecule has 4 aromatic rings. The zero-order valence-corrected chi connectivity index (χ0v) is 32.0. The van der Waals surface area contributed by atoms with Gasteiger partial charge in [0.2, 0.25) is 17.7 Å². The summed E-state index contributed by atoms with van der Waals surface area (Å²) in [5.41, 5.74) is 5.17. The summed E-state index contributed by atoms with van der Waals surface area (Å²) in [6.45, 7) is 8.48. The molecule has 290 valence electrons. The van der Waals surface area contributed by atoms with Gasteiger partial charge in [0.15, 0.2) is 0 Å². The summed E-state index contributed by atoms with van der Waals surface area (Å²) in [7, 11) is 0. The Kier molecular flexibility index (Phi) is 9.73. The molecule has 0 saturated carbocycles. The second kappa shape index (κ2) is 15.0. The Balaban J connectivity index is 0.783. The molecule has 3 aromatic carbocycles. The van der Waals surface area contributed by atoms with Crippen LogP contribution in [-0.4, -0.2) is 102 Å². The molecule has 56 heavy (non-hydrogen) atoms. The molecule has 9 rings (SSSR count). The second-order valence-corrected chi connectivity index (χ2v) is 16.9. The average molecular weight is 754 g/mol. The maximum atomic E-state index is 14.6. The predicted molar refractivity (Wildman–Crippen MR) is 215 cm³/mol. The molecule has 1 spiro atoms. The molecule has 5 aliphatic heterocycles. The molecular formula is C45H51N7O4. The minimum absolute atomic E-state index is 0.178. The molecule has 0 bridgehead atoms. The fraction of sp³-hybridized carbons (Fsp3) is 0.444. The molecule has 3 amide bonds. The van der Waals surface area contributed by atoms with Gasteiger partial charge in [-0.1, -0.05) is 54.6 Å². The van der Waals surface area contributed by atoms with E-state index in [1.807, 2.05) is 24.3 Å². The maximum absolute atomic E-state index is 14.6. The maximum Gasteiger partial charge on any atom is 0.234 e. The molecule has 0 unspecified atom stereocenters. The van der Waals surface area contributed by atoms with Crippen LogP contribution in [0, 0.1) is 11.3 Å². The molecule has 5 fully saturated rings. The van der Waals surface area contributed by atoms with Crippen LogP contribution in [-0.2, 0) is 19.8 Å². The van der Waals surface area contributed by atoms with Crippen LogP contribution in [0.1, 0.15) is 62.0 Å². The molecule has 5 saturated heterocycles. The van der Waals surface area contributed by atoms with Gasteiger partial charge in [0.05, 0.1) is 28.9 Å². The van der Waals surface area contributed by atoms with E-state index < -0.39 is 5.41 Å². The van der Waals surface area contributed by atoms with Gasteiger partial charge >= 0.3 is 0 Å². The lowest BCUT2D eigenvalue weighted by Crippen LogP contribution is -2.64. The van der Waals surface area contributed by atoms with Crippen LogP contribution in [0.25, 0.3) is 11.3 Å². The molecule has 11 nitrogen and oxygen atoms in total. The first-order valence-corrected chi connectivity index (χ1v) is 20.4. The number of hydrogen-bond donors (Lipinski definition) is 2. The first-order valence-electron chi connectivity index (χ1n) is 20.4. The predicted octanol–water partition coefficient (Wildman–Crippen LogP) is 5.36. The molecule has 1 atom stereocenters. The van der Waals surface area contributed by atoms with Crippen LogP contribution < -0.4 is 15.1 Å². The van der Waals surface area contributed by atoms with Gasteiger partial charge in [0, 0.05) is 75.4 Å². The highest BCUT2D eigenvalue weighted by Crippen LogP contribution is 2.46. The third-order valence-electron chi connectivity index (χ3n) is 13.4. The smallest absolute Gasteiger partial charge is 0.234 e. The molecule has 5 aliphatic rings. The van der Waals surface area contributed by atoms with Crippen molar-refractivity contribution >= 4 is 29.1 Å². The number of carbonyl (C=O) groups is 3. The summed E-state index contributed by atoms with van der Waals surface area (Å²) >= 11 is 0. The number of amides is 3. The number of hydrogen-bond acceptors (Lipinski definition) is 9. The lowest BCUT2D eigenvalue weighted by atomic mass is 9.69. The van der Waals surface area contributed by atoms with Crippen molar-refractivity contribution in [1.82, 2.24) is 25.3 Å². The number of benzene rings is 3. The minimum Gasteiger partial charge on any atom is -0.507 e. The van der Waals surface area contributed by atoms with Gasteiger partial charge in [0.1, 0.15) is 5.75 Å². The Hall–Kier alpha value is -5.29. The number of carbonyl (C=O) groups excluding carboxylic acids is 3. The summed E-state index contributed by atoms with van der Waals surface area (Å²) < 4.78 is 0. The number of imide groups is 1. The van der Waals surface area contributed by atoms with E-state index >= 15 is 0 Å². The SMILES string of the molecule is O=C1CC[C@@H](c2ccc(N3CCC(CN4CCC5(C4)CN(C(=O)C4(c6ccccc6)CCN(c6cnnc(-c7ccccc7O)c6)CC4)C5)CC3)cc2)C(=O)N1. The summed E-state index contributed by atoms with van der Waals surface area (Å²) in [6, 6.07) is 27.9. The topological polar surface area (TPSA) is 122 Å². The Morgan fingerprint density at radius 2 is 1.50 bits per heavy atom. The van der Waals surface area contributed by atoms with Crippen molar-refractivity contribution in [3.8, 4) is 17.0 Å². The van der Waals surface area contributed by atoms with E-state index in [4.69, 9.17) is 0 Å². The van der Waals surface area contributed by atoms with E-state index in [1.165, 1.54) is 5.69 Å². The van der Waals surface area contributed by atoms with Gasteiger partial charge < -0.3 is 24.7 Å². The summed E-state index contributed by atoms with van der Waals surface area (Å²) in [6.07, 6.45) is 7.66. The Morgan fingerprint density at radius 1 is 0.786 bits per heavy atom. The van der Waals surface area contributed by atoms with E-state index in [9.17, 15) is 19.5 Å². The van der Waals surface area contributed by atoms with E-state index in [-0.39, 0.29) is 34.8 Å². The van der Waals surface area contributed by atoms with Crippen molar-refractivity contribution in [1.29, 1.82) is 0 Å². The summed E-state index contributed by atoms with van der Waals surface area (Å²) in [4.78, 5) is 48.1. The van der Waals surface area contributed by atoms with Crippen molar-refractivity contribution in [2.45, 2.75) is 56.3 Å². The molecule has 0 radical (unpaired) electrons. The highest BCUT2D eigenvalue weighted by Gasteiger charge is 2.54. The number of aromatic nitrogens is 2. The number of aromatic hydroxyl groups is 1. The van der Waals surface area contributed by atoms with E-state index in [1.54, 1.807) is 18.3 Å². The summed E-state index contributed by atoms with van der Waals surface area (Å²) in [5, 5.41) is 21.5. The molecule has 1 aromatic heterocycles. The summed E-state index contributed by atoms with van der Waals surface area (Å²) in [5.74, 6) is 0.505. The zero-order valence-electron chi connectivity index (χ0n) is 32.0. The first-order chi connectivity index (χ1) is 27.3. The van der Waals surface area contributed by atoms with Crippen molar-refractivity contribution in [3.63, 3.8) is 0 Å².